The molecule has 2 aromatic rings. The van der Waals surface area contributed by atoms with E-state index in [0.29, 0.717) is 24.7 Å². The number of amides is 1. The lowest BCUT2D eigenvalue weighted by atomic mass is 10.1. The molecule has 118 valence electrons. The van der Waals surface area contributed by atoms with Crippen LogP contribution in [0.4, 0.5) is 0 Å². The Labute approximate surface area is 134 Å². The number of carbonyl (C=O) groups excluding carboxylic acids is 2. The monoisotopic (exact) mass is 309 g/mol. The molecule has 0 unspecified atom stereocenters. The van der Waals surface area contributed by atoms with Crippen LogP contribution in [0.1, 0.15) is 46.2 Å². The maximum atomic E-state index is 12.5. The van der Waals surface area contributed by atoms with Gasteiger partial charge in [0, 0.05) is 30.3 Å². The van der Waals surface area contributed by atoms with Crippen LogP contribution in [0.25, 0.3) is 0 Å². The first kappa shape index (κ1) is 14.2. The summed E-state index contributed by atoms with van der Waals surface area (Å²) in [5.41, 5.74) is 3.70. The highest BCUT2D eigenvalue weighted by molar-refractivity contribution is 6.42. The molecule has 0 spiro atoms. The summed E-state index contributed by atoms with van der Waals surface area (Å²) in [7, 11) is 0. The van der Waals surface area contributed by atoms with Gasteiger partial charge in [-0.2, -0.15) is 0 Å². The van der Waals surface area contributed by atoms with Crippen molar-refractivity contribution in [3.63, 3.8) is 0 Å². The van der Waals surface area contributed by atoms with E-state index < -0.39 is 11.7 Å². The van der Waals surface area contributed by atoms with Gasteiger partial charge in [-0.05, 0) is 19.8 Å². The van der Waals surface area contributed by atoms with Crippen LogP contribution in [-0.4, -0.2) is 32.7 Å². The number of hydrogen-bond acceptors (Lipinski definition) is 3. The molecule has 1 aliphatic carbocycles. The Morgan fingerprint density at radius 3 is 2.61 bits per heavy atom. The lowest BCUT2D eigenvalue weighted by molar-refractivity contribution is -0.127. The number of aryl methyl sites for hydroxylation is 1. The van der Waals surface area contributed by atoms with Crippen molar-refractivity contribution in [2.24, 2.45) is 0 Å². The minimum Gasteiger partial charge on any atom is -0.331 e. The molecule has 4 rings (SSSR count). The lowest BCUT2D eigenvalue weighted by Crippen LogP contribution is -2.40. The second kappa shape index (κ2) is 5.33. The minimum absolute atomic E-state index is 0.430. The summed E-state index contributed by atoms with van der Waals surface area (Å²) in [5.74, 6) is -0.865. The van der Waals surface area contributed by atoms with Crippen molar-refractivity contribution in [1.29, 1.82) is 0 Å². The second-order valence-corrected chi connectivity index (χ2v) is 6.45. The Morgan fingerprint density at radius 2 is 1.91 bits per heavy atom. The summed E-state index contributed by atoms with van der Waals surface area (Å²) in [6.45, 7) is 2.98. The summed E-state index contributed by atoms with van der Waals surface area (Å²) in [6.07, 6.45) is 5.10. The van der Waals surface area contributed by atoms with Gasteiger partial charge in [-0.1, -0.05) is 29.8 Å². The third kappa shape index (κ3) is 2.56. The molecule has 5 heteroatoms. The van der Waals surface area contributed by atoms with E-state index in [1.807, 2.05) is 25.4 Å². The normalized spacial score (nSPS) is 17.0. The lowest BCUT2D eigenvalue weighted by Gasteiger charge is -2.26. The maximum absolute atomic E-state index is 12.5. The topological polar surface area (TPSA) is 55.2 Å². The van der Waals surface area contributed by atoms with Crippen LogP contribution < -0.4 is 0 Å². The smallest absolute Gasteiger partial charge is 0.295 e. The Kier molecular flexibility index (Phi) is 3.29. The Balaban J connectivity index is 1.51. The third-order valence-electron chi connectivity index (χ3n) is 4.68. The predicted octanol–water partition coefficient (Wildman–Crippen LogP) is 2.29. The maximum Gasteiger partial charge on any atom is 0.295 e. The van der Waals surface area contributed by atoms with Crippen molar-refractivity contribution in [2.45, 2.75) is 38.8 Å². The number of carbonyl (C=O) groups is 2. The fourth-order valence-corrected chi connectivity index (χ4v) is 3.14. The first-order chi connectivity index (χ1) is 11.1. The zero-order valence-corrected chi connectivity index (χ0v) is 13.2. The van der Waals surface area contributed by atoms with Crippen molar-refractivity contribution in [3.05, 3.63) is 53.1 Å². The highest BCUT2D eigenvalue weighted by atomic mass is 16.2. The van der Waals surface area contributed by atoms with E-state index in [1.54, 1.807) is 17.0 Å². The van der Waals surface area contributed by atoms with E-state index in [4.69, 9.17) is 0 Å². The van der Waals surface area contributed by atoms with E-state index in [2.05, 4.69) is 9.55 Å². The molecule has 1 aliphatic heterocycles. The number of ketones is 1. The average molecular weight is 309 g/mol. The van der Waals surface area contributed by atoms with Crippen LogP contribution in [0, 0.1) is 6.92 Å². The van der Waals surface area contributed by atoms with Gasteiger partial charge in [-0.15, -0.1) is 0 Å². The summed E-state index contributed by atoms with van der Waals surface area (Å²) >= 11 is 0. The standard InChI is InChI=1S/C18H19N3O2/c1-12-2-4-13(5-3-12)17(22)18(23)20-9-8-16-15(10-20)19-11-21(16)14-6-7-14/h2-5,11,14H,6-10H2,1H3. The molecular formula is C18H19N3O2. The van der Waals surface area contributed by atoms with Crippen molar-refractivity contribution < 1.29 is 9.59 Å². The number of nitrogens with zero attached hydrogens (tertiary/aromatic N) is 3. The molecule has 2 aliphatic rings. The molecule has 0 saturated heterocycles. The number of imidazole rings is 1. The van der Waals surface area contributed by atoms with E-state index in [-0.39, 0.29) is 0 Å². The molecule has 0 bridgehead atoms. The van der Waals surface area contributed by atoms with E-state index >= 15 is 0 Å². The Bertz CT molecular complexity index is 772. The van der Waals surface area contributed by atoms with E-state index in [9.17, 15) is 9.59 Å². The Morgan fingerprint density at radius 1 is 1.17 bits per heavy atom. The molecule has 0 atom stereocenters. The highest BCUT2D eigenvalue weighted by Gasteiger charge is 2.32. The first-order valence-corrected chi connectivity index (χ1v) is 8.08. The average Bonchev–Trinajstić information content (AvgIpc) is 3.33. The van der Waals surface area contributed by atoms with Crippen LogP contribution in [0.2, 0.25) is 0 Å². The van der Waals surface area contributed by atoms with Crippen molar-refractivity contribution in [1.82, 2.24) is 14.5 Å². The molecule has 0 radical (unpaired) electrons. The molecule has 23 heavy (non-hydrogen) atoms. The highest BCUT2D eigenvalue weighted by Crippen LogP contribution is 2.37. The van der Waals surface area contributed by atoms with Gasteiger partial charge < -0.3 is 9.47 Å². The number of benzene rings is 1. The fourth-order valence-electron chi connectivity index (χ4n) is 3.14. The summed E-state index contributed by atoms with van der Waals surface area (Å²) in [4.78, 5) is 30.9. The number of aromatic nitrogens is 2. The zero-order chi connectivity index (χ0) is 16.0. The molecule has 1 aromatic heterocycles. The molecule has 0 N–H and O–H groups in total. The number of Topliss-reactive ketones (excluding diaryl/α,β-unsaturated/α-hetero) is 1. The molecular weight excluding hydrogens is 290 g/mol. The zero-order valence-electron chi connectivity index (χ0n) is 13.2. The van der Waals surface area contributed by atoms with Gasteiger partial charge in [-0.25, -0.2) is 4.98 Å². The van der Waals surface area contributed by atoms with Gasteiger partial charge >= 0.3 is 0 Å². The largest absolute Gasteiger partial charge is 0.331 e. The van der Waals surface area contributed by atoms with E-state index in [0.717, 1.165) is 17.7 Å². The van der Waals surface area contributed by atoms with Crippen molar-refractivity contribution in [3.8, 4) is 0 Å². The molecule has 2 heterocycles. The van der Waals surface area contributed by atoms with Crippen molar-refractivity contribution in [2.75, 3.05) is 6.54 Å². The van der Waals surface area contributed by atoms with Crippen LogP contribution in [0.5, 0.6) is 0 Å². The number of rotatable bonds is 3. The van der Waals surface area contributed by atoms with Gasteiger partial charge in [0.15, 0.2) is 0 Å². The molecule has 1 saturated carbocycles. The van der Waals surface area contributed by atoms with Gasteiger partial charge in [0.2, 0.25) is 5.78 Å². The summed E-state index contributed by atoms with van der Waals surface area (Å²) in [6, 6.07) is 7.74. The molecule has 5 nitrogen and oxygen atoms in total. The second-order valence-electron chi connectivity index (χ2n) is 6.45. The van der Waals surface area contributed by atoms with Gasteiger partial charge in [-0.3, -0.25) is 9.59 Å². The van der Waals surface area contributed by atoms with Crippen LogP contribution in [-0.2, 0) is 17.8 Å². The summed E-state index contributed by atoms with van der Waals surface area (Å²) in [5, 5.41) is 0. The first-order valence-electron chi connectivity index (χ1n) is 8.08. The van der Waals surface area contributed by atoms with Gasteiger partial charge in [0.25, 0.3) is 5.91 Å². The van der Waals surface area contributed by atoms with E-state index in [1.165, 1.54) is 18.5 Å². The van der Waals surface area contributed by atoms with Crippen molar-refractivity contribution >= 4 is 11.7 Å². The molecule has 1 aromatic carbocycles. The number of fused-ring (bicyclic) bond motifs is 1. The van der Waals surface area contributed by atoms with Gasteiger partial charge in [0.05, 0.1) is 18.6 Å². The minimum atomic E-state index is -0.435. The number of hydrogen-bond donors (Lipinski definition) is 0. The SMILES string of the molecule is Cc1ccc(C(=O)C(=O)N2CCc3c(ncn3C3CC3)C2)cc1. The molecule has 1 fully saturated rings. The van der Waals surface area contributed by atoms with Crippen LogP contribution in [0.15, 0.2) is 30.6 Å². The Hall–Kier alpha value is -2.43. The predicted molar refractivity (Wildman–Crippen MR) is 85.1 cm³/mol. The quantitative estimate of drug-likeness (QED) is 0.646. The van der Waals surface area contributed by atoms with Crippen LogP contribution in [0.3, 0.4) is 0 Å². The van der Waals surface area contributed by atoms with Crippen LogP contribution >= 0.6 is 0 Å². The third-order valence-corrected chi connectivity index (χ3v) is 4.68. The van der Waals surface area contributed by atoms with Gasteiger partial charge in [0.1, 0.15) is 0 Å². The molecule has 1 amide bonds. The summed E-state index contributed by atoms with van der Waals surface area (Å²) < 4.78 is 2.25. The fraction of sp³-hybridized carbons (Fsp3) is 0.389.